The SMILES string of the molecule is COc1ccc(-c2cnc(SCC(=O)NC(C)[C@@H]3C[C@@H](Cc4ccc(Cl)c(Cl)c4)CN3C(=O)OC(C)(C)C)nc2)cc1OC. The molecule has 1 aliphatic rings. The minimum Gasteiger partial charge on any atom is -0.493 e. The van der Waals surface area contributed by atoms with Crippen LogP contribution in [0.4, 0.5) is 4.79 Å². The van der Waals surface area contributed by atoms with Crippen LogP contribution < -0.4 is 14.8 Å². The molecule has 9 nitrogen and oxygen atoms in total. The van der Waals surface area contributed by atoms with E-state index in [-0.39, 0.29) is 29.7 Å². The van der Waals surface area contributed by atoms with Gasteiger partial charge in [0.1, 0.15) is 5.60 Å². The molecule has 1 N–H and O–H groups in total. The van der Waals surface area contributed by atoms with Crippen molar-refractivity contribution in [1.82, 2.24) is 20.2 Å². The highest BCUT2D eigenvalue weighted by Gasteiger charge is 2.40. The molecular formula is C32H38Cl2N4O5S. The highest BCUT2D eigenvalue weighted by molar-refractivity contribution is 7.99. The number of hydrogen-bond donors (Lipinski definition) is 1. The van der Waals surface area contributed by atoms with Gasteiger partial charge in [-0.25, -0.2) is 14.8 Å². The summed E-state index contributed by atoms with van der Waals surface area (Å²) in [6.45, 7) is 7.95. The first kappa shape index (κ1) is 33.7. The first-order chi connectivity index (χ1) is 20.9. The molecule has 0 aliphatic carbocycles. The molecule has 1 saturated heterocycles. The summed E-state index contributed by atoms with van der Waals surface area (Å²) in [6, 6.07) is 10.6. The molecule has 0 spiro atoms. The van der Waals surface area contributed by atoms with Gasteiger partial charge in [0.15, 0.2) is 16.7 Å². The third-order valence-corrected chi connectivity index (χ3v) is 8.82. The van der Waals surface area contributed by atoms with E-state index in [1.807, 2.05) is 58.0 Å². The molecule has 2 amide bonds. The van der Waals surface area contributed by atoms with Crippen LogP contribution in [0.3, 0.4) is 0 Å². The second-order valence-electron chi connectivity index (χ2n) is 11.7. The molecule has 3 atom stereocenters. The molecule has 12 heteroatoms. The van der Waals surface area contributed by atoms with Gasteiger partial charge >= 0.3 is 6.09 Å². The van der Waals surface area contributed by atoms with E-state index in [0.717, 1.165) is 23.1 Å². The van der Waals surface area contributed by atoms with E-state index in [1.165, 1.54) is 11.8 Å². The van der Waals surface area contributed by atoms with Gasteiger partial charge in [-0.15, -0.1) is 0 Å². The maximum absolute atomic E-state index is 13.2. The molecular weight excluding hydrogens is 623 g/mol. The van der Waals surface area contributed by atoms with Gasteiger partial charge in [-0.05, 0) is 81.8 Å². The van der Waals surface area contributed by atoms with E-state index in [9.17, 15) is 9.59 Å². The van der Waals surface area contributed by atoms with Crippen molar-refractivity contribution in [2.45, 2.75) is 63.4 Å². The molecule has 1 fully saturated rings. The Morgan fingerprint density at radius 1 is 1.02 bits per heavy atom. The number of methoxy groups -OCH3 is 2. The number of amides is 2. The van der Waals surface area contributed by atoms with E-state index in [4.69, 9.17) is 37.4 Å². The van der Waals surface area contributed by atoms with Crippen molar-refractivity contribution in [3.05, 3.63) is 64.4 Å². The number of benzene rings is 2. The number of likely N-dealkylation sites (tertiary alicyclic amines) is 1. The first-order valence-corrected chi connectivity index (χ1v) is 16.0. The molecule has 1 unspecified atom stereocenters. The lowest BCUT2D eigenvalue weighted by molar-refractivity contribution is -0.119. The molecule has 1 aliphatic heterocycles. The standard InChI is InChI=1S/C32H38Cl2N4O5S/c1-19(26-13-21(11-20-7-9-24(33)25(34)12-20)17-38(26)31(40)43-32(2,3)4)37-29(39)18-44-30-35-15-23(16-36-30)22-8-10-27(41-5)28(14-22)42-6/h7-10,12,14-16,19,21,26H,11,13,17-18H2,1-6H3,(H,37,39)/t19?,21-,26+/m1/s1. The monoisotopic (exact) mass is 660 g/mol. The topological polar surface area (TPSA) is 103 Å². The summed E-state index contributed by atoms with van der Waals surface area (Å²) < 4.78 is 16.4. The Labute approximate surface area is 273 Å². The van der Waals surface area contributed by atoms with Crippen LogP contribution in [0.15, 0.2) is 53.9 Å². The number of thioether (sulfide) groups is 1. The van der Waals surface area contributed by atoms with Crippen LogP contribution in [0.1, 0.15) is 39.7 Å². The largest absolute Gasteiger partial charge is 0.493 e. The smallest absolute Gasteiger partial charge is 0.410 e. The summed E-state index contributed by atoms with van der Waals surface area (Å²) in [5.74, 6) is 1.37. The number of rotatable bonds is 10. The molecule has 0 bridgehead atoms. The van der Waals surface area contributed by atoms with Crippen molar-refractivity contribution >= 4 is 47.0 Å². The lowest BCUT2D eigenvalue weighted by Gasteiger charge is -2.32. The fourth-order valence-corrected chi connectivity index (χ4v) is 6.11. The Kier molecular flexibility index (Phi) is 11.3. The van der Waals surface area contributed by atoms with E-state index in [0.29, 0.717) is 39.7 Å². The number of halogens is 2. The van der Waals surface area contributed by atoms with Gasteiger partial charge in [0.2, 0.25) is 5.91 Å². The number of hydrogen-bond acceptors (Lipinski definition) is 8. The zero-order valence-corrected chi connectivity index (χ0v) is 28.1. The van der Waals surface area contributed by atoms with Crippen LogP contribution in [0.2, 0.25) is 10.0 Å². The third kappa shape index (κ3) is 8.92. The number of nitrogens with one attached hydrogen (secondary N) is 1. The Morgan fingerprint density at radius 3 is 2.36 bits per heavy atom. The van der Waals surface area contributed by atoms with Crippen LogP contribution in [0.25, 0.3) is 11.1 Å². The maximum Gasteiger partial charge on any atom is 0.410 e. The molecule has 0 saturated carbocycles. The quantitative estimate of drug-likeness (QED) is 0.184. The van der Waals surface area contributed by atoms with Crippen molar-refractivity contribution in [3.8, 4) is 22.6 Å². The second kappa shape index (κ2) is 14.7. The van der Waals surface area contributed by atoms with E-state index >= 15 is 0 Å². The van der Waals surface area contributed by atoms with E-state index in [2.05, 4.69) is 15.3 Å². The van der Waals surface area contributed by atoms with E-state index in [1.54, 1.807) is 37.6 Å². The fraction of sp³-hybridized carbons (Fsp3) is 0.438. The van der Waals surface area contributed by atoms with Crippen LogP contribution in [-0.4, -0.2) is 71.1 Å². The Morgan fingerprint density at radius 2 is 1.73 bits per heavy atom. The van der Waals surface area contributed by atoms with Gasteiger partial charge in [0.25, 0.3) is 0 Å². The molecule has 44 heavy (non-hydrogen) atoms. The predicted molar refractivity (Wildman–Crippen MR) is 174 cm³/mol. The summed E-state index contributed by atoms with van der Waals surface area (Å²) in [4.78, 5) is 36.7. The summed E-state index contributed by atoms with van der Waals surface area (Å²) in [7, 11) is 3.17. The number of carbonyl (C=O) groups excluding carboxylic acids is 2. The van der Waals surface area contributed by atoms with Crippen LogP contribution >= 0.6 is 35.0 Å². The van der Waals surface area contributed by atoms with Gasteiger partial charge in [0, 0.05) is 30.5 Å². The average molecular weight is 662 g/mol. The number of ether oxygens (including phenoxy) is 3. The molecule has 4 rings (SSSR count). The summed E-state index contributed by atoms with van der Waals surface area (Å²) in [5.41, 5.74) is 2.10. The molecule has 0 radical (unpaired) electrons. The first-order valence-electron chi connectivity index (χ1n) is 14.3. The predicted octanol–water partition coefficient (Wildman–Crippen LogP) is 6.93. The number of aromatic nitrogens is 2. The van der Waals surface area contributed by atoms with Crippen molar-refractivity contribution in [3.63, 3.8) is 0 Å². The Hall–Kier alpha value is -3.21. The van der Waals surface area contributed by atoms with Crippen LogP contribution in [-0.2, 0) is 16.0 Å². The van der Waals surface area contributed by atoms with Crippen molar-refractivity contribution in [2.75, 3.05) is 26.5 Å². The highest BCUT2D eigenvalue weighted by Crippen LogP contribution is 2.33. The minimum atomic E-state index is -0.637. The zero-order chi connectivity index (χ0) is 32.0. The summed E-state index contributed by atoms with van der Waals surface area (Å²) >= 11 is 13.6. The van der Waals surface area contributed by atoms with Crippen LogP contribution in [0, 0.1) is 5.92 Å². The van der Waals surface area contributed by atoms with Crippen LogP contribution in [0.5, 0.6) is 11.5 Å². The van der Waals surface area contributed by atoms with Gasteiger partial charge in [0.05, 0.1) is 36.1 Å². The second-order valence-corrected chi connectivity index (χ2v) is 13.5. The highest BCUT2D eigenvalue weighted by atomic mass is 35.5. The summed E-state index contributed by atoms with van der Waals surface area (Å²) in [6.07, 6.45) is 4.46. The Bertz CT molecular complexity index is 1470. The molecule has 3 aromatic rings. The fourth-order valence-electron chi connectivity index (χ4n) is 5.19. The normalized spacial score (nSPS) is 17.2. The average Bonchev–Trinajstić information content (AvgIpc) is 3.41. The van der Waals surface area contributed by atoms with Gasteiger partial charge in [-0.1, -0.05) is 47.1 Å². The molecule has 236 valence electrons. The lowest BCUT2D eigenvalue weighted by Crippen LogP contribution is -2.50. The summed E-state index contributed by atoms with van der Waals surface area (Å²) in [5, 5.41) is 4.56. The van der Waals surface area contributed by atoms with Gasteiger partial charge < -0.3 is 24.4 Å². The molecule has 2 aromatic carbocycles. The van der Waals surface area contributed by atoms with Crippen molar-refractivity contribution in [2.24, 2.45) is 5.92 Å². The number of nitrogens with zero attached hydrogens (tertiary/aromatic N) is 3. The van der Waals surface area contributed by atoms with Gasteiger partial charge in [-0.2, -0.15) is 0 Å². The third-order valence-electron chi connectivity index (χ3n) is 7.21. The minimum absolute atomic E-state index is 0.131. The molecule has 1 aromatic heterocycles. The zero-order valence-electron chi connectivity index (χ0n) is 25.7. The number of carbonyl (C=O) groups is 2. The van der Waals surface area contributed by atoms with Crippen molar-refractivity contribution < 1.29 is 23.8 Å². The van der Waals surface area contributed by atoms with Gasteiger partial charge in [-0.3, -0.25) is 4.79 Å². The molecule has 2 heterocycles. The van der Waals surface area contributed by atoms with E-state index < -0.39 is 11.7 Å². The van der Waals surface area contributed by atoms with Crippen molar-refractivity contribution in [1.29, 1.82) is 0 Å². The lowest BCUT2D eigenvalue weighted by atomic mass is 9.95. The maximum atomic E-state index is 13.2. The Balaban J connectivity index is 1.37.